The number of rotatable bonds is 13. The van der Waals surface area contributed by atoms with Crippen LogP contribution in [0.5, 0.6) is 0 Å². The molecule has 1 heterocycles. The summed E-state index contributed by atoms with van der Waals surface area (Å²) in [5.41, 5.74) is -0.493. The van der Waals surface area contributed by atoms with E-state index in [-0.39, 0.29) is 23.7 Å². The van der Waals surface area contributed by atoms with Gasteiger partial charge >= 0.3 is 6.03 Å². The molecule has 1 aliphatic carbocycles. The lowest BCUT2D eigenvalue weighted by molar-refractivity contribution is -0.145. The van der Waals surface area contributed by atoms with Gasteiger partial charge in [-0.05, 0) is 47.0 Å². The molecule has 49 heavy (non-hydrogen) atoms. The second-order valence-corrected chi connectivity index (χ2v) is 16.1. The number of carbonyl (C=O) groups is 6. The Balaban J connectivity index is 1.81. The van der Waals surface area contributed by atoms with Crippen LogP contribution in [0.3, 0.4) is 0 Å². The molecule has 0 radical (unpaired) electrons. The number of urea groups is 1. The Hall–Kier alpha value is -3.96. The van der Waals surface area contributed by atoms with Gasteiger partial charge in [0.15, 0.2) is 0 Å². The Labute approximate surface area is 291 Å². The molecule has 1 saturated carbocycles. The minimum atomic E-state index is -1.04. The summed E-state index contributed by atoms with van der Waals surface area (Å²) in [6.45, 7) is 15.6. The van der Waals surface area contributed by atoms with Crippen LogP contribution in [-0.4, -0.2) is 78.1 Å². The molecule has 272 valence electrons. The Bertz CT molecular complexity index is 1350. The number of hydrogen-bond acceptors (Lipinski definition) is 6. The molecule has 2 aliphatic rings. The van der Waals surface area contributed by atoms with E-state index < -0.39 is 64.5 Å². The standard InChI is InChI=1S/C37H58N6O6/c1-22(2)25-18-19-43(27(25)31(45)40-26(20-23-16-13-17-23)28(44)32(46)38-9)34(48)30(37(6,7)8)42-35(49)41-29(36(3,4)5)33(47)39-21-24-14-11-10-12-15-24/h10-12,14-15,22-23,25-27,29-30H,13,16-21H2,1-9H3,(H,38,46)(H,39,47)(H,40,45)(H2,41,42,49)/t25-,26?,27+,29-,30-/m1/s1. The summed E-state index contributed by atoms with van der Waals surface area (Å²) in [4.78, 5) is 82.2. The van der Waals surface area contributed by atoms with Crippen molar-refractivity contribution in [3.8, 4) is 0 Å². The first-order valence-electron chi connectivity index (χ1n) is 17.6. The Kier molecular flexibility index (Phi) is 13.4. The lowest BCUT2D eigenvalue weighted by Crippen LogP contribution is -2.63. The van der Waals surface area contributed by atoms with Crippen molar-refractivity contribution in [3.63, 3.8) is 0 Å². The van der Waals surface area contributed by atoms with Gasteiger partial charge in [-0.2, -0.15) is 0 Å². The summed E-state index contributed by atoms with van der Waals surface area (Å²) in [5, 5.41) is 13.8. The summed E-state index contributed by atoms with van der Waals surface area (Å²) in [6, 6.07) is 4.94. The van der Waals surface area contributed by atoms with Gasteiger partial charge in [-0.3, -0.25) is 24.0 Å². The summed E-state index contributed by atoms with van der Waals surface area (Å²) in [5.74, 6) is -2.65. The van der Waals surface area contributed by atoms with E-state index in [4.69, 9.17) is 0 Å². The van der Waals surface area contributed by atoms with Crippen LogP contribution in [0.4, 0.5) is 4.79 Å². The van der Waals surface area contributed by atoms with Crippen molar-refractivity contribution < 1.29 is 28.8 Å². The van der Waals surface area contributed by atoms with Crippen LogP contribution in [-0.2, 0) is 30.5 Å². The quantitative estimate of drug-likeness (QED) is 0.200. The number of amides is 6. The Morgan fingerprint density at radius 2 is 1.43 bits per heavy atom. The number of ketones is 1. The first kappa shape index (κ1) is 39.5. The third-order valence-corrected chi connectivity index (χ3v) is 9.83. The van der Waals surface area contributed by atoms with Gasteiger partial charge in [0.25, 0.3) is 5.91 Å². The number of nitrogens with zero attached hydrogens (tertiary/aromatic N) is 1. The van der Waals surface area contributed by atoms with Crippen LogP contribution in [0.15, 0.2) is 30.3 Å². The first-order chi connectivity index (χ1) is 22.8. The van der Waals surface area contributed by atoms with Crippen LogP contribution in [0.1, 0.15) is 93.1 Å². The van der Waals surface area contributed by atoms with E-state index in [2.05, 4.69) is 26.6 Å². The van der Waals surface area contributed by atoms with E-state index in [1.54, 1.807) is 0 Å². The summed E-state index contributed by atoms with van der Waals surface area (Å²) >= 11 is 0. The van der Waals surface area contributed by atoms with Gasteiger partial charge in [0.2, 0.25) is 23.5 Å². The van der Waals surface area contributed by atoms with E-state index in [9.17, 15) is 28.8 Å². The first-order valence-corrected chi connectivity index (χ1v) is 17.6. The van der Waals surface area contributed by atoms with Gasteiger partial charge in [-0.1, -0.05) is 105 Å². The predicted molar refractivity (Wildman–Crippen MR) is 188 cm³/mol. The molecule has 3 rings (SSSR count). The highest BCUT2D eigenvalue weighted by atomic mass is 16.2. The zero-order chi connectivity index (χ0) is 36.7. The maximum absolute atomic E-state index is 14.4. The molecular weight excluding hydrogens is 624 g/mol. The molecule has 12 heteroatoms. The fraction of sp³-hybridized carbons (Fsp3) is 0.676. The van der Waals surface area contributed by atoms with Crippen molar-refractivity contribution in [2.24, 2.45) is 28.6 Å². The van der Waals surface area contributed by atoms with Gasteiger partial charge in [-0.15, -0.1) is 0 Å². The van der Waals surface area contributed by atoms with Gasteiger partial charge < -0.3 is 31.5 Å². The molecule has 1 aliphatic heterocycles. The number of nitrogens with one attached hydrogen (secondary N) is 5. The Morgan fingerprint density at radius 3 is 1.94 bits per heavy atom. The number of likely N-dealkylation sites (N-methyl/N-ethyl adjacent to an activating group) is 1. The summed E-state index contributed by atoms with van der Waals surface area (Å²) in [7, 11) is 1.38. The third kappa shape index (κ3) is 10.5. The minimum absolute atomic E-state index is 0.0413. The molecule has 1 saturated heterocycles. The molecule has 6 amide bonds. The van der Waals surface area contributed by atoms with Gasteiger partial charge in [0, 0.05) is 20.1 Å². The highest BCUT2D eigenvalue weighted by molar-refractivity contribution is 6.38. The fourth-order valence-electron chi connectivity index (χ4n) is 6.61. The van der Waals surface area contributed by atoms with Crippen molar-refractivity contribution in [3.05, 3.63) is 35.9 Å². The van der Waals surface area contributed by atoms with Gasteiger partial charge in [0.05, 0.1) is 6.04 Å². The topological polar surface area (TPSA) is 166 Å². The maximum Gasteiger partial charge on any atom is 0.316 e. The SMILES string of the molecule is CNC(=O)C(=O)C(CC1CCC1)NC(=O)[C@@H]1[C@@H](C(C)C)CCN1C(=O)[C@@H](NC(=O)N[C@H](C(=O)NCc1ccccc1)C(C)(C)C)C(C)(C)C. The van der Waals surface area contributed by atoms with Crippen LogP contribution < -0.4 is 26.6 Å². The van der Waals surface area contributed by atoms with Crippen molar-refractivity contribution in [1.29, 1.82) is 0 Å². The third-order valence-electron chi connectivity index (χ3n) is 9.83. The number of benzene rings is 1. The van der Waals surface area contributed by atoms with Crippen molar-refractivity contribution in [2.45, 2.75) is 118 Å². The maximum atomic E-state index is 14.4. The molecule has 1 unspecified atom stereocenters. The number of Topliss-reactive ketones (excluding diaryl/α,β-unsaturated/α-hetero) is 1. The zero-order valence-electron chi connectivity index (χ0n) is 30.8. The van der Waals surface area contributed by atoms with Crippen molar-refractivity contribution in [2.75, 3.05) is 13.6 Å². The van der Waals surface area contributed by atoms with E-state index >= 15 is 0 Å². The highest BCUT2D eigenvalue weighted by Crippen LogP contribution is 2.34. The normalized spacial score (nSPS) is 20.0. The van der Waals surface area contributed by atoms with Crippen LogP contribution in [0.2, 0.25) is 0 Å². The van der Waals surface area contributed by atoms with Crippen LogP contribution >= 0.6 is 0 Å². The Morgan fingerprint density at radius 1 is 0.837 bits per heavy atom. The largest absolute Gasteiger partial charge is 0.353 e. The molecule has 2 fully saturated rings. The molecule has 1 aromatic carbocycles. The van der Waals surface area contributed by atoms with Gasteiger partial charge in [-0.25, -0.2) is 4.79 Å². The minimum Gasteiger partial charge on any atom is -0.353 e. The second kappa shape index (κ2) is 16.6. The van der Waals surface area contributed by atoms with E-state index in [1.807, 2.05) is 85.7 Å². The van der Waals surface area contributed by atoms with Crippen molar-refractivity contribution >= 4 is 35.4 Å². The lowest BCUT2D eigenvalue weighted by atomic mass is 9.80. The highest BCUT2D eigenvalue weighted by Gasteiger charge is 2.48. The van der Waals surface area contributed by atoms with Crippen LogP contribution in [0, 0.1) is 28.6 Å². The number of hydrogen-bond donors (Lipinski definition) is 5. The summed E-state index contributed by atoms with van der Waals surface area (Å²) in [6.07, 6.45) is 3.84. The molecule has 12 nitrogen and oxygen atoms in total. The zero-order valence-corrected chi connectivity index (χ0v) is 30.8. The monoisotopic (exact) mass is 682 g/mol. The summed E-state index contributed by atoms with van der Waals surface area (Å²) < 4.78 is 0. The van der Waals surface area contributed by atoms with E-state index in [0.717, 1.165) is 24.8 Å². The fourth-order valence-corrected chi connectivity index (χ4v) is 6.61. The lowest BCUT2D eigenvalue weighted by Gasteiger charge is -2.38. The van der Waals surface area contributed by atoms with Crippen molar-refractivity contribution in [1.82, 2.24) is 31.5 Å². The molecule has 0 spiro atoms. The molecule has 0 bridgehead atoms. The number of carbonyl (C=O) groups excluding carboxylic acids is 6. The average Bonchev–Trinajstić information content (AvgIpc) is 3.46. The molecule has 5 atom stereocenters. The van der Waals surface area contributed by atoms with Gasteiger partial charge in [0.1, 0.15) is 18.1 Å². The molecular formula is C37H58N6O6. The second-order valence-electron chi connectivity index (χ2n) is 16.1. The van der Waals surface area contributed by atoms with Crippen LogP contribution in [0.25, 0.3) is 0 Å². The number of likely N-dealkylation sites (tertiary alicyclic amines) is 1. The van der Waals surface area contributed by atoms with E-state index in [1.165, 1.54) is 11.9 Å². The molecule has 5 N–H and O–H groups in total. The molecule has 0 aromatic heterocycles. The molecule has 1 aromatic rings. The average molecular weight is 683 g/mol. The predicted octanol–water partition coefficient (Wildman–Crippen LogP) is 3.29. The smallest absolute Gasteiger partial charge is 0.316 e. The van der Waals surface area contributed by atoms with E-state index in [0.29, 0.717) is 25.9 Å².